The van der Waals surface area contributed by atoms with Crippen LogP contribution in [-0.2, 0) is 10.2 Å². The molecule has 2 aliphatic heterocycles. The molecular weight excluding hydrogens is 290 g/mol. The molecule has 2 saturated heterocycles. The second kappa shape index (κ2) is 7.37. The third kappa shape index (κ3) is 3.76. The van der Waals surface area contributed by atoms with Gasteiger partial charge < -0.3 is 5.11 Å². The number of nitrogens with zero attached hydrogens (tertiary/aromatic N) is 3. The number of piperazine rings is 1. The molecule has 0 aromatic rings. The van der Waals surface area contributed by atoms with Crippen molar-refractivity contribution in [1.82, 2.24) is 13.5 Å². The van der Waals surface area contributed by atoms with Crippen LogP contribution in [0.1, 0.15) is 39.5 Å². The Morgan fingerprint density at radius 3 is 2.38 bits per heavy atom. The van der Waals surface area contributed by atoms with Crippen molar-refractivity contribution in [2.75, 3.05) is 39.3 Å². The Bertz CT molecular complexity index is 421. The van der Waals surface area contributed by atoms with Gasteiger partial charge in [-0.2, -0.15) is 17.0 Å². The number of piperidine rings is 1. The molecule has 0 saturated carbocycles. The molecule has 2 unspecified atom stereocenters. The highest BCUT2D eigenvalue weighted by Crippen LogP contribution is 2.23. The van der Waals surface area contributed by atoms with Gasteiger partial charge in [0, 0.05) is 44.8 Å². The minimum absolute atomic E-state index is 0.0773. The van der Waals surface area contributed by atoms with Gasteiger partial charge in [-0.25, -0.2) is 0 Å². The van der Waals surface area contributed by atoms with Crippen molar-refractivity contribution < 1.29 is 13.5 Å². The Morgan fingerprint density at radius 2 is 1.81 bits per heavy atom. The molecular formula is C14H29N3O3S. The van der Waals surface area contributed by atoms with E-state index < -0.39 is 10.2 Å². The van der Waals surface area contributed by atoms with Gasteiger partial charge in [0.15, 0.2) is 0 Å². The molecule has 21 heavy (non-hydrogen) atoms. The maximum Gasteiger partial charge on any atom is 0.282 e. The smallest absolute Gasteiger partial charge is 0.282 e. The SMILES string of the molecule is CCC(C)N1CCN(S(=O)(=O)N2CCCCC2CO)CC1. The van der Waals surface area contributed by atoms with E-state index in [0.29, 0.717) is 25.7 Å². The summed E-state index contributed by atoms with van der Waals surface area (Å²) in [5.74, 6) is 0. The lowest BCUT2D eigenvalue weighted by atomic mass is 10.1. The number of aliphatic hydroxyl groups is 1. The van der Waals surface area contributed by atoms with Gasteiger partial charge in [0.2, 0.25) is 0 Å². The van der Waals surface area contributed by atoms with Crippen molar-refractivity contribution in [2.45, 2.75) is 51.6 Å². The molecule has 2 rings (SSSR count). The van der Waals surface area contributed by atoms with Crippen LogP contribution in [-0.4, -0.2) is 78.4 Å². The molecule has 0 aromatic carbocycles. The van der Waals surface area contributed by atoms with Crippen LogP contribution in [0.3, 0.4) is 0 Å². The van der Waals surface area contributed by atoms with Gasteiger partial charge in [0.1, 0.15) is 0 Å². The summed E-state index contributed by atoms with van der Waals surface area (Å²) in [5.41, 5.74) is 0. The Balaban J connectivity index is 2.00. The summed E-state index contributed by atoms with van der Waals surface area (Å²) >= 11 is 0. The number of hydrogen-bond acceptors (Lipinski definition) is 4. The fraction of sp³-hybridized carbons (Fsp3) is 1.00. The van der Waals surface area contributed by atoms with Gasteiger partial charge in [-0.05, 0) is 26.2 Å². The summed E-state index contributed by atoms with van der Waals surface area (Å²) in [4.78, 5) is 2.35. The predicted octanol–water partition coefficient (Wildman–Crippen LogP) is 0.494. The minimum atomic E-state index is -3.42. The Kier molecular flexibility index (Phi) is 6.02. The second-order valence-electron chi connectivity index (χ2n) is 6.14. The first kappa shape index (κ1) is 17.1. The maximum absolute atomic E-state index is 12.8. The van der Waals surface area contributed by atoms with E-state index in [1.165, 1.54) is 4.31 Å². The van der Waals surface area contributed by atoms with Gasteiger partial charge in [-0.15, -0.1) is 0 Å². The average Bonchev–Trinajstić information content (AvgIpc) is 2.54. The van der Waals surface area contributed by atoms with Crippen molar-refractivity contribution in [3.05, 3.63) is 0 Å². The molecule has 0 aromatic heterocycles. The van der Waals surface area contributed by atoms with Crippen LogP contribution in [0, 0.1) is 0 Å². The Morgan fingerprint density at radius 1 is 1.14 bits per heavy atom. The fourth-order valence-electron chi connectivity index (χ4n) is 3.24. The topological polar surface area (TPSA) is 64.1 Å². The maximum atomic E-state index is 12.8. The molecule has 124 valence electrons. The predicted molar refractivity (Wildman–Crippen MR) is 83.2 cm³/mol. The zero-order valence-electron chi connectivity index (χ0n) is 13.2. The Hall–Kier alpha value is -0.210. The van der Waals surface area contributed by atoms with Crippen LogP contribution in [0.4, 0.5) is 0 Å². The minimum Gasteiger partial charge on any atom is -0.395 e. The van der Waals surface area contributed by atoms with Crippen LogP contribution < -0.4 is 0 Å². The molecule has 2 atom stereocenters. The lowest BCUT2D eigenvalue weighted by Crippen LogP contribution is -2.57. The summed E-state index contributed by atoms with van der Waals surface area (Å²) in [6, 6.07) is 0.270. The zero-order chi connectivity index (χ0) is 15.5. The van der Waals surface area contributed by atoms with Crippen LogP contribution in [0.5, 0.6) is 0 Å². The first-order chi connectivity index (χ1) is 10.0. The van der Waals surface area contributed by atoms with Crippen molar-refractivity contribution in [2.24, 2.45) is 0 Å². The van der Waals surface area contributed by atoms with Crippen molar-refractivity contribution >= 4 is 10.2 Å². The lowest BCUT2D eigenvalue weighted by Gasteiger charge is -2.41. The fourth-order valence-corrected chi connectivity index (χ4v) is 5.07. The summed E-state index contributed by atoms with van der Waals surface area (Å²) in [7, 11) is -3.42. The molecule has 6 nitrogen and oxygen atoms in total. The molecule has 0 bridgehead atoms. The third-order valence-corrected chi connectivity index (χ3v) is 6.99. The molecule has 1 N–H and O–H groups in total. The second-order valence-corrected chi connectivity index (χ2v) is 8.02. The van der Waals surface area contributed by atoms with Crippen LogP contribution >= 0.6 is 0 Å². The van der Waals surface area contributed by atoms with E-state index >= 15 is 0 Å². The largest absolute Gasteiger partial charge is 0.395 e. The summed E-state index contributed by atoms with van der Waals surface area (Å²) in [6.07, 6.45) is 3.75. The molecule has 0 amide bonds. The molecule has 2 fully saturated rings. The van der Waals surface area contributed by atoms with Gasteiger partial charge in [0.05, 0.1) is 6.61 Å². The molecule has 0 aliphatic carbocycles. The van der Waals surface area contributed by atoms with E-state index in [1.807, 2.05) is 0 Å². The van der Waals surface area contributed by atoms with Crippen molar-refractivity contribution in [1.29, 1.82) is 0 Å². The monoisotopic (exact) mass is 319 g/mol. The normalized spacial score (nSPS) is 28.6. The highest BCUT2D eigenvalue weighted by atomic mass is 32.2. The van der Waals surface area contributed by atoms with Crippen LogP contribution in [0.2, 0.25) is 0 Å². The number of rotatable bonds is 5. The van der Waals surface area contributed by atoms with Crippen LogP contribution in [0.25, 0.3) is 0 Å². The summed E-state index contributed by atoms with van der Waals surface area (Å²) < 4.78 is 28.7. The third-order valence-electron chi connectivity index (χ3n) is 4.89. The van der Waals surface area contributed by atoms with E-state index in [4.69, 9.17) is 0 Å². The van der Waals surface area contributed by atoms with E-state index in [9.17, 15) is 13.5 Å². The van der Waals surface area contributed by atoms with E-state index in [-0.39, 0.29) is 12.6 Å². The van der Waals surface area contributed by atoms with Gasteiger partial charge in [-0.1, -0.05) is 13.3 Å². The highest BCUT2D eigenvalue weighted by Gasteiger charge is 2.37. The van der Waals surface area contributed by atoms with Crippen molar-refractivity contribution in [3.8, 4) is 0 Å². The van der Waals surface area contributed by atoms with E-state index in [1.54, 1.807) is 4.31 Å². The standard InChI is InChI=1S/C14H29N3O3S/c1-3-13(2)15-8-10-16(11-9-15)21(19,20)17-7-5-4-6-14(17)12-18/h13-14,18H,3-12H2,1-2H3. The molecule has 0 radical (unpaired) electrons. The Labute approximate surface area is 128 Å². The molecule has 2 aliphatic rings. The molecule has 0 spiro atoms. The summed E-state index contributed by atoms with van der Waals surface area (Å²) in [6.45, 7) is 7.52. The van der Waals surface area contributed by atoms with Gasteiger partial charge >= 0.3 is 0 Å². The quantitative estimate of drug-likeness (QED) is 0.801. The average molecular weight is 319 g/mol. The number of hydrogen-bond donors (Lipinski definition) is 1. The first-order valence-corrected chi connectivity index (χ1v) is 9.52. The van der Waals surface area contributed by atoms with Gasteiger partial charge in [-0.3, -0.25) is 4.90 Å². The first-order valence-electron chi connectivity index (χ1n) is 8.12. The van der Waals surface area contributed by atoms with Crippen LogP contribution in [0.15, 0.2) is 0 Å². The van der Waals surface area contributed by atoms with Gasteiger partial charge in [0.25, 0.3) is 10.2 Å². The molecule has 7 heteroatoms. The van der Waals surface area contributed by atoms with E-state index in [2.05, 4.69) is 18.7 Å². The zero-order valence-corrected chi connectivity index (χ0v) is 14.1. The molecule has 2 heterocycles. The highest BCUT2D eigenvalue weighted by molar-refractivity contribution is 7.86. The lowest BCUT2D eigenvalue weighted by molar-refractivity contribution is 0.121. The van der Waals surface area contributed by atoms with E-state index in [0.717, 1.165) is 38.8 Å². The van der Waals surface area contributed by atoms with Crippen molar-refractivity contribution in [3.63, 3.8) is 0 Å². The number of aliphatic hydroxyl groups excluding tert-OH is 1. The summed E-state index contributed by atoms with van der Waals surface area (Å²) in [5, 5.41) is 9.44.